The summed E-state index contributed by atoms with van der Waals surface area (Å²) in [7, 11) is 1.65. The predicted octanol–water partition coefficient (Wildman–Crippen LogP) is 2.51. The smallest absolute Gasteiger partial charge is 0.326 e. The van der Waals surface area contributed by atoms with Gasteiger partial charge in [-0.15, -0.1) is 10.2 Å². The molecule has 0 aliphatic rings. The van der Waals surface area contributed by atoms with Crippen LogP contribution in [0.25, 0.3) is 0 Å². The Bertz CT molecular complexity index is 727. The average Bonchev–Trinajstić information content (AvgIpc) is 2.55. The molecule has 7 nitrogen and oxygen atoms in total. The van der Waals surface area contributed by atoms with Gasteiger partial charge in [-0.25, -0.2) is 0 Å². The number of carbonyl (C=O) groups excluding carboxylic acids is 2. The minimum absolute atomic E-state index is 0.0708. The molecule has 0 atom stereocenters. The van der Waals surface area contributed by atoms with Crippen LogP contribution >= 0.6 is 27.5 Å². The molecule has 0 aliphatic heterocycles. The average molecular weight is 414 g/mol. The fourth-order valence-corrected chi connectivity index (χ4v) is 2.21. The van der Waals surface area contributed by atoms with Gasteiger partial charge in [0.2, 0.25) is 0 Å². The molecule has 2 rings (SSSR count). The largest absolute Gasteiger partial charge is 0.454 e. The highest BCUT2D eigenvalue weighted by molar-refractivity contribution is 9.10. The van der Waals surface area contributed by atoms with Gasteiger partial charge in [-0.05, 0) is 40.2 Å². The number of para-hydroxylation sites is 1. The number of anilines is 2. The fraction of sp³-hybridized carbons (Fsp3) is 0.200. The molecule has 0 aliphatic carbocycles. The van der Waals surface area contributed by atoms with Crippen molar-refractivity contribution < 1.29 is 14.3 Å². The maximum Gasteiger partial charge on any atom is 0.326 e. The fourth-order valence-electron chi connectivity index (χ4n) is 1.73. The van der Waals surface area contributed by atoms with Crippen molar-refractivity contribution in [1.29, 1.82) is 0 Å². The zero-order chi connectivity index (χ0) is 17.5. The molecule has 0 spiro atoms. The number of nitrogens with zero attached hydrogens (tertiary/aromatic N) is 3. The highest BCUT2D eigenvalue weighted by Gasteiger charge is 2.13. The summed E-state index contributed by atoms with van der Waals surface area (Å²) in [6.07, 6.45) is 0. The van der Waals surface area contributed by atoms with E-state index in [1.165, 1.54) is 4.90 Å². The third kappa shape index (κ3) is 5.47. The van der Waals surface area contributed by atoms with Gasteiger partial charge in [0, 0.05) is 11.5 Å². The van der Waals surface area contributed by atoms with E-state index in [9.17, 15) is 9.59 Å². The summed E-state index contributed by atoms with van der Waals surface area (Å²) in [5.74, 6) is -0.519. The van der Waals surface area contributed by atoms with Crippen molar-refractivity contribution in [3.63, 3.8) is 0 Å². The second-order valence-corrected chi connectivity index (χ2v) is 6.00. The number of hydrogen-bond acceptors (Lipinski definition) is 6. The first-order chi connectivity index (χ1) is 11.5. The number of nitrogens with one attached hydrogen (secondary N) is 1. The number of halogens is 2. The number of amides is 1. The quantitative estimate of drug-likeness (QED) is 0.733. The number of rotatable bonds is 6. The zero-order valence-electron chi connectivity index (χ0n) is 12.7. The topological polar surface area (TPSA) is 84.4 Å². The molecular formula is C15H14BrClN4O3. The summed E-state index contributed by atoms with van der Waals surface area (Å²) in [4.78, 5) is 25.1. The third-order valence-corrected chi connectivity index (χ3v) is 3.78. The van der Waals surface area contributed by atoms with Gasteiger partial charge < -0.3 is 15.0 Å². The van der Waals surface area contributed by atoms with Gasteiger partial charge in [-0.2, -0.15) is 0 Å². The van der Waals surface area contributed by atoms with Gasteiger partial charge in [-0.1, -0.05) is 23.7 Å². The van der Waals surface area contributed by atoms with Gasteiger partial charge in [0.1, 0.15) is 6.54 Å². The highest BCUT2D eigenvalue weighted by Crippen LogP contribution is 2.20. The van der Waals surface area contributed by atoms with Crippen molar-refractivity contribution in [2.45, 2.75) is 0 Å². The molecule has 0 bridgehead atoms. The van der Waals surface area contributed by atoms with Gasteiger partial charge in [0.25, 0.3) is 5.91 Å². The number of benzene rings is 1. The van der Waals surface area contributed by atoms with Crippen molar-refractivity contribution in [3.05, 3.63) is 46.0 Å². The van der Waals surface area contributed by atoms with Crippen molar-refractivity contribution in [1.82, 2.24) is 10.2 Å². The number of aromatic nitrogens is 2. The monoisotopic (exact) mass is 412 g/mol. The van der Waals surface area contributed by atoms with E-state index in [-0.39, 0.29) is 18.3 Å². The normalized spacial score (nSPS) is 10.1. The number of carbonyl (C=O) groups is 2. The second-order valence-electron chi connectivity index (χ2n) is 4.76. The van der Waals surface area contributed by atoms with E-state index < -0.39 is 11.9 Å². The van der Waals surface area contributed by atoms with Crippen molar-refractivity contribution in [2.24, 2.45) is 0 Å². The Morgan fingerprint density at radius 2 is 2.00 bits per heavy atom. The molecule has 1 N–H and O–H groups in total. The predicted molar refractivity (Wildman–Crippen MR) is 94.0 cm³/mol. The molecule has 1 heterocycles. The summed E-state index contributed by atoms with van der Waals surface area (Å²) in [5.41, 5.74) is 0.604. The number of likely N-dealkylation sites (N-methyl/N-ethyl adjacent to an activating group) is 1. The molecular weight excluding hydrogens is 400 g/mol. The first-order valence-corrected chi connectivity index (χ1v) is 8.03. The Hall–Kier alpha value is -2.19. The van der Waals surface area contributed by atoms with Crippen LogP contribution in [0, 0.1) is 0 Å². The van der Waals surface area contributed by atoms with Crippen LogP contribution in [-0.2, 0) is 14.3 Å². The number of esters is 1. The van der Waals surface area contributed by atoms with Crippen LogP contribution in [0.15, 0.2) is 40.9 Å². The minimum Gasteiger partial charge on any atom is -0.454 e. The molecule has 1 aromatic heterocycles. The lowest BCUT2D eigenvalue weighted by Crippen LogP contribution is -2.30. The minimum atomic E-state index is -0.559. The molecule has 0 fully saturated rings. The molecule has 9 heteroatoms. The van der Waals surface area contributed by atoms with Gasteiger partial charge >= 0.3 is 5.97 Å². The van der Waals surface area contributed by atoms with E-state index in [0.29, 0.717) is 11.5 Å². The lowest BCUT2D eigenvalue weighted by molar-refractivity contribution is -0.145. The molecule has 126 valence electrons. The summed E-state index contributed by atoms with van der Waals surface area (Å²) in [6, 6.07) is 10.3. The van der Waals surface area contributed by atoms with Crippen molar-refractivity contribution >= 4 is 50.9 Å². The van der Waals surface area contributed by atoms with Gasteiger partial charge in [-0.3, -0.25) is 9.59 Å². The Labute approximate surface area is 152 Å². The molecule has 2 aromatic rings. The molecule has 1 aromatic carbocycles. The molecule has 0 saturated heterocycles. The van der Waals surface area contributed by atoms with Crippen LogP contribution in [0.3, 0.4) is 0 Å². The third-order valence-electron chi connectivity index (χ3n) is 2.89. The first-order valence-electron chi connectivity index (χ1n) is 6.86. The van der Waals surface area contributed by atoms with Crippen LogP contribution in [0.4, 0.5) is 11.5 Å². The number of hydrogen-bond donors (Lipinski definition) is 1. The summed E-state index contributed by atoms with van der Waals surface area (Å²) in [5, 5.41) is 10.4. The lowest BCUT2D eigenvalue weighted by Gasteiger charge is -2.16. The van der Waals surface area contributed by atoms with Crippen LogP contribution < -0.4 is 10.2 Å². The van der Waals surface area contributed by atoms with Crippen molar-refractivity contribution in [2.75, 3.05) is 30.4 Å². The molecule has 24 heavy (non-hydrogen) atoms. The first kappa shape index (κ1) is 18.2. The SMILES string of the molecule is CN(CC(=O)OCC(=O)Nc1ccccc1Br)c1ccc(Cl)nn1. The number of ether oxygens (including phenoxy) is 1. The maximum atomic E-state index is 11.8. The zero-order valence-corrected chi connectivity index (χ0v) is 15.0. The Morgan fingerprint density at radius 3 is 2.67 bits per heavy atom. The highest BCUT2D eigenvalue weighted by atomic mass is 79.9. The van der Waals surface area contributed by atoms with Crippen LogP contribution in [0.1, 0.15) is 0 Å². The van der Waals surface area contributed by atoms with Gasteiger partial charge in [0.15, 0.2) is 17.6 Å². The van der Waals surface area contributed by atoms with E-state index in [0.717, 1.165) is 4.47 Å². The summed E-state index contributed by atoms with van der Waals surface area (Å²) in [6.45, 7) is -0.446. The van der Waals surface area contributed by atoms with Crippen molar-refractivity contribution in [3.8, 4) is 0 Å². The standard InChI is InChI=1S/C15H14BrClN4O3/c1-21(13-7-6-12(17)19-20-13)8-15(23)24-9-14(22)18-11-5-3-2-4-10(11)16/h2-7H,8-9H2,1H3,(H,18,22). The Balaban J connectivity index is 1.79. The molecule has 0 radical (unpaired) electrons. The Kier molecular flexibility index (Phi) is 6.51. The summed E-state index contributed by atoms with van der Waals surface area (Å²) >= 11 is 8.97. The van der Waals surface area contributed by atoms with Crippen LogP contribution in [-0.4, -0.2) is 42.3 Å². The lowest BCUT2D eigenvalue weighted by atomic mass is 10.3. The second kappa shape index (κ2) is 8.60. The van der Waals surface area contributed by atoms with Gasteiger partial charge in [0.05, 0.1) is 5.69 Å². The molecule has 0 unspecified atom stereocenters. The molecule has 0 saturated carbocycles. The Morgan fingerprint density at radius 1 is 1.25 bits per heavy atom. The van der Waals surface area contributed by atoms with E-state index in [1.807, 2.05) is 6.07 Å². The summed E-state index contributed by atoms with van der Waals surface area (Å²) < 4.78 is 5.69. The van der Waals surface area contributed by atoms with Crippen LogP contribution in [0.2, 0.25) is 5.15 Å². The van der Waals surface area contributed by atoms with Crippen LogP contribution in [0.5, 0.6) is 0 Å². The van der Waals surface area contributed by atoms with E-state index in [1.54, 1.807) is 37.4 Å². The maximum absolute atomic E-state index is 11.8. The van der Waals surface area contributed by atoms with E-state index in [4.69, 9.17) is 16.3 Å². The molecule has 1 amide bonds. The van der Waals surface area contributed by atoms with E-state index >= 15 is 0 Å². The van der Waals surface area contributed by atoms with E-state index in [2.05, 4.69) is 31.4 Å².